The number of fused-ring (bicyclic) bond motifs is 2. The van der Waals surface area contributed by atoms with E-state index >= 15 is 0 Å². The third-order valence-corrected chi connectivity index (χ3v) is 3.74. The van der Waals surface area contributed by atoms with E-state index in [9.17, 15) is 10.1 Å². The molecule has 0 bridgehead atoms. The van der Waals surface area contributed by atoms with E-state index in [0.717, 1.165) is 0 Å². The maximum absolute atomic E-state index is 10.8. The van der Waals surface area contributed by atoms with Crippen LogP contribution >= 0.6 is 0 Å². The topological polar surface area (TPSA) is 128 Å². The van der Waals surface area contributed by atoms with Crippen molar-refractivity contribution in [3.05, 3.63) is 64.3 Å². The number of benzene rings is 1. The van der Waals surface area contributed by atoms with Crippen LogP contribution in [0.15, 0.2) is 48.7 Å². The zero-order chi connectivity index (χ0) is 16.8. The molecule has 118 valence electrons. The van der Waals surface area contributed by atoms with E-state index in [1.807, 2.05) is 6.07 Å². The fraction of sp³-hybridized carbons (Fsp3) is 0. The summed E-state index contributed by atoms with van der Waals surface area (Å²) in [6.45, 7) is 0. The Bertz CT molecular complexity index is 1160. The molecule has 0 saturated carbocycles. The van der Waals surface area contributed by atoms with Crippen LogP contribution in [-0.4, -0.2) is 24.1 Å². The van der Waals surface area contributed by atoms with Gasteiger partial charge >= 0.3 is 0 Å². The van der Waals surface area contributed by atoms with E-state index in [0.29, 0.717) is 22.4 Å². The van der Waals surface area contributed by atoms with Gasteiger partial charge in [0.25, 0.3) is 5.69 Å². The molecule has 0 aliphatic rings. The molecule has 0 saturated heterocycles. The number of non-ortho nitro benzene ring substituents is 1. The Morgan fingerprint density at radius 1 is 1.17 bits per heavy atom. The quantitative estimate of drug-likeness (QED) is 0.428. The van der Waals surface area contributed by atoms with E-state index in [-0.39, 0.29) is 17.0 Å². The fourth-order valence-electron chi connectivity index (χ4n) is 2.58. The molecule has 3 N–H and O–H groups in total. The Hall–Kier alpha value is -3.75. The fourth-order valence-corrected chi connectivity index (χ4v) is 2.58. The summed E-state index contributed by atoms with van der Waals surface area (Å²) in [6.07, 6.45) is 1.73. The lowest BCUT2D eigenvalue weighted by Gasteiger charge is -2.03. The molecule has 0 unspecified atom stereocenters. The number of nitrogens with zero attached hydrogens (tertiary/aromatic N) is 5. The van der Waals surface area contributed by atoms with Crippen LogP contribution in [0.1, 0.15) is 0 Å². The minimum absolute atomic E-state index is 0.0189. The summed E-state index contributed by atoms with van der Waals surface area (Å²) in [7, 11) is 0. The SMILES string of the molecule is N=c1c2c(N)n(-c3ccc([N+](=O)[O-])cc3)nc2nc2ccccn12. The summed E-state index contributed by atoms with van der Waals surface area (Å²) in [5.41, 5.74) is 7.81. The first kappa shape index (κ1) is 13.9. The van der Waals surface area contributed by atoms with Crippen LogP contribution in [0.25, 0.3) is 22.4 Å². The summed E-state index contributed by atoms with van der Waals surface area (Å²) in [4.78, 5) is 14.7. The maximum atomic E-state index is 10.8. The van der Waals surface area contributed by atoms with Gasteiger partial charge in [-0.25, -0.2) is 9.67 Å². The zero-order valence-corrected chi connectivity index (χ0v) is 12.2. The largest absolute Gasteiger partial charge is 0.383 e. The van der Waals surface area contributed by atoms with Gasteiger partial charge < -0.3 is 5.73 Å². The molecule has 0 radical (unpaired) electrons. The molecule has 3 aromatic heterocycles. The van der Waals surface area contributed by atoms with E-state index in [2.05, 4.69) is 10.1 Å². The van der Waals surface area contributed by atoms with E-state index < -0.39 is 4.92 Å². The normalized spacial score (nSPS) is 11.2. The number of nitrogens with two attached hydrogens (primary N) is 1. The summed E-state index contributed by atoms with van der Waals surface area (Å²) >= 11 is 0. The lowest BCUT2D eigenvalue weighted by atomic mass is 10.3. The molecule has 0 atom stereocenters. The minimum atomic E-state index is -0.473. The van der Waals surface area contributed by atoms with Crippen LogP contribution in [0.4, 0.5) is 11.5 Å². The summed E-state index contributed by atoms with van der Waals surface area (Å²) in [6, 6.07) is 11.3. The van der Waals surface area contributed by atoms with Crippen molar-refractivity contribution in [3.63, 3.8) is 0 Å². The molecule has 0 fully saturated rings. The van der Waals surface area contributed by atoms with Crippen molar-refractivity contribution in [1.82, 2.24) is 19.2 Å². The number of aromatic nitrogens is 4. The standard InChI is InChI=1S/C15H11N7O2/c16-13-12-14(17)21(9-4-6-10(7-5-9)22(23)24)19-15(12)18-11-3-1-2-8-20(11)13/h1-8,16H,17H2. The number of hydrogen-bond acceptors (Lipinski definition) is 6. The van der Waals surface area contributed by atoms with Gasteiger partial charge in [0, 0.05) is 18.3 Å². The van der Waals surface area contributed by atoms with Crippen molar-refractivity contribution >= 4 is 28.2 Å². The Labute approximate surface area is 134 Å². The molecule has 4 rings (SSSR count). The van der Waals surface area contributed by atoms with Crippen molar-refractivity contribution < 1.29 is 4.92 Å². The third-order valence-electron chi connectivity index (χ3n) is 3.74. The number of nitro benzene ring substituents is 1. The predicted molar refractivity (Wildman–Crippen MR) is 86.7 cm³/mol. The smallest absolute Gasteiger partial charge is 0.269 e. The van der Waals surface area contributed by atoms with Crippen LogP contribution in [0.3, 0.4) is 0 Å². The van der Waals surface area contributed by atoms with E-state index in [1.54, 1.807) is 34.9 Å². The predicted octanol–water partition coefficient (Wildman–Crippen LogP) is 1.64. The van der Waals surface area contributed by atoms with E-state index in [4.69, 9.17) is 11.1 Å². The Kier molecular flexibility index (Phi) is 2.82. The first-order valence-electron chi connectivity index (χ1n) is 7.01. The second kappa shape index (κ2) is 4.88. The monoisotopic (exact) mass is 321 g/mol. The van der Waals surface area contributed by atoms with Gasteiger partial charge in [0.1, 0.15) is 22.3 Å². The first-order chi connectivity index (χ1) is 11.6. The molecular weight excluding hydrogens is 310 g/mol. The van der Waals surface area contributed by atoms with Crippen molar-refractivity contribution in [2.24, 2.45) is 0 Å². The average Bonchev–Trinajstić information content (AvgIpc) is 2.92. The van der Waals surface area contributed by atoms with Gasteiger partial charge in [-0.3, -0.25) is 19.9 Å². The third kappa shape index (κ3) is 1.92. The van der Waals surface area contributed by atoms with Crippen LogP contribution in [0, 0.1) is 15.5 Å². The van der Waals surface area contributed by atoms with Gasteiger partial charge in [-0.05, 0) is 24.3 Å². The zero-order valence-electron chi connectivity index (χ0n) is 12.2. The molecule has 0 aliphatic carbocycles. The molecule has 9 nitrogen and oxygen atoms in total. The number of nitrogens with one attached hydrogen (secondary N) is 1. The molecule has 3 heterocycles. The van der Waals surface area contributed by atoms with Crippen LogP contribution in [0.5, 0.6) is 0 Å². The molecule has 4 aromatic rings. The molecule has 9 heteroatoms. The number of pyridine rings is 1. The van der Waals surface area contributed by atoms with Crippen molar-refractivity contribution in [1.29, 1.82) is 5.41 Å². The lowest BCUT2D eigenvalue weighted by Crippen LogP contribution is -2.15. The van der Waals surface area contributed by atoms with Gasteiger partial charge in [-0.15, -0.1) is 5.10 Å². The first-order valence-corrected chi connectivity index (χ1v) is 7.01. The van der Waals surface area contributed by atoms with Gasteiger partial charge in [0.05, 0.1) is 10.6 Å². The minimum Gasteiger partial charge on any atom is -0.383 e. The number of nitrogen functional groups attached to an aromatic ring is 1. The summed E-state index contributed by atoms with van der Waals surface area (Å²) in [5.74, 6) is 0.259. The van der Waals surface area contributed by atoms with Crippen molar-refractivity contribution in [3.8, 4) is 5.69 Å². The van der Waals surface area contributed by atoms with Crippen LogP contribution in [-0.2, 0) is 0 Å². The Morgan fingerprint density at radius 3 is 2.62 bits per heavy atom. The van der Waals surface area contributed by atoms with Crippen LogP contribution < -0.4 is 11.2 Å². The second-order valence-corrected chi connectivity index (χ2v) is 5.16. The molecule has 24 heavy (non-hydrogen) atoms. The second-order valence-electron chi connectivity index (χ2n) is 5.16. The van der Waals surface area contributed by atoms with Gasteiger partial charge in [0.2, 0.25) is 0 Å². The molecule has 0 spiro atoms. The lowest BCUT2D eigenvalue weighted by molar-refractivity contribution is -0.384. The molecule has 0 amide bonds. The Balaban J connectivity index is 1.98. The molecule has 1 aromatic carbocycles. The number of rotatable bonds is 2. The number of hydrogen-bond donors (Lipinski definition) is 2. The molecule has 0 aliphatic heterocycles. The highest BCUT2D eigenvalue weighted by Gasteiger charge is 2.15. The number of nitro groups is 1. The Morgan fingerprint density at radius 2 is 1.92 bits per heavy atom. The van der Waals surface area contributed by atoms with Crippen molar-refractivity contribution in [2.45, 2.75) is 0 Å². The van der Waals surface area contributed by atoms with Crippen LogP contribution in [0.2, 0.25) is 0 Å². The molecular formula is C15H11N7O2. The highest BCUT2D eigenvalue weighted by Crippen LogP contribution is 2.22. The van der Waals surface area contributed by atoms with Gasteiger partial charge in [0.15, 0.2) is 5.65 Å². The maximum Gasteiger partial charge on any atom is 0.269 e. The van der Waals surface area contributed by atoms with E-state index in [1.165, 1.54) is 16.8 Å². The van der Waals surface area contributed by atoms with Gasteiger partial charge in [-0.1, -0.05) is 6.07 Å². The van der Waals surface area contributed by atoms with Gasteiger partial charge in [-0.2, -0.15) is 0 Å². The van der Waals surface area contributed by atoms with Crippen molar-refractivity contribution in [2.75, 3.05) is 5.73 Å². The average molecular weight is 321 g/mol. The highest BCUT2D eigenvalue weighted by atomic mass is 16.6. The number of anilines is 1. The highest BCUT2D eigenvalue weighted by molar-refractivity contribution is 5.87. The summed E-state index contributed by atoms with van der Waals surface area (Å²) in [5, 5.41) is 23.9. The summed E-state index contributed by atoms with van der Waals surface area (Å²) < 4.78 is 3.04.